The molecule has 1 aliphatic heterocycles. The number of hydrogen-bond acceptors (Lipinski definition) is 5. The van der Waals surface area contributed by atoms with Gasteiger partial charge < -0.3 is 9.42 Å². The smallest absolute Gasteiger partial charge is 0.264 e. The van der Waals surface area contributed by atoms with Crippen molar-refractivity contribution in [2.75, 3.05) is 13.1 Å². The van der Waals surface area contributed by atoms with Crippen molar-refractivity contribution >= 4 is 17.2 Å². The van der Waals surface area contributed by atoms with Gasteiger partial charge >= 0.3 is 0 Å². The lowest BCUT2D eigenvalue weighted by Gasteiger charge is -2.31. The highest BCUT2D eigenvalue weighted by molar-refractivity contribution is 7.12. The largest absolute Gasteiger partial charge is 0.339 e. The van der Waals surface area contributed by atoms with Gasteiger partial charge in [-0.2, -0.15) is 4.98 Å². The number of hydrogen-bond donors (Lipinski definition) is 0. The maximum Gasteiger partial charge on any atom is 0.264 e. The first-order valence-electron chi connectivity index (χ1n) is 8.83. The van der Waals surface area contributed by atoms with E-state index in [0.717, 1.165) is 30.1 Å². The molecule has 1 amide bonds. The second-order valence-electron chi connectivity index (χ2n) is 7.22. The zero-order valence-electron chi connectivity index (χ0n) is 14.2. The molecule has 6 heteroatoms. The zero-order chi connectivity index (χ0) is 16.7. The number of likely N-dealkylation sites (tertiary alicyclic amines) is 1. The van der Waals surface area contributed by atoms with Gasteiger partial charge in [-0.15, -0.1) is 11.3 Å². The van der Waals surface area contributed by atoms with Gasteiger partial charge in [0.1, 0.15) is 0 Å². The van der Waals surface area contributed by atoms with Gasteiger partial charge in [0.2, 0.25) is 5.89 Å². The molecule has 0 aromatic carbocycles. The molecular weight excluding hydrogens is 322 g/mol. The summed E-state index contributed by atoms with van der Waals surface area (Å²) >= 11 is 1.58. The molecule has 2 fully saturated rings. The SMILES string of the molecule is CC(C)c1nc(C2CCCN(C(=O)c3sccc3C3CC3)C2)no1. The summed E-state index contributed by atoms with van der Waals surface area (Å²) in [6, 6.07) is 2.13. The van der Waals surface area contributed by atoms with Crippen molar-refractivity contribution in [1.82, 2.24) is 15.0 Å². The molecule has 5 nitrogen and oxygen atoms in total. The average molecular weight is 345 g/mol. The molecule has 2 aromatic rings. The van der Waals surface area contributed by atoms with Crippen molar-refractivity contribution in [3.8, 4) is 0 Å². The maximum atomic E-state index is 13.0. The number of carbonyl (C=O) groups is 1. The van der Waals surface area contributed by atoms with Crippen LogP contribution in [0.25, 0.3) is 0 Å². The van der Waals surface area contributed by atoms with Crippen molar-refractivity contribution in [1.29, 1.82) is 0 Å². The summed E-state index contributed by atoms with van der Waals surface area (Å²) in [5, 5.41) is 6.20. The predicted octanol–water partition coefficient (Wildman–Crippen LogP) is 4.15. The summed E-state index contributed by atoms with van der Waals surface area (Å²) < 4.78 is 5.34. The Hall–Kier alpha value is -1.69. The van der Waals surface area contributed by atoms with Gasteiger partial charge in [0.05, 0.1) is 4.88 Å². The molecule has 24 heavy (non-hydrogen) atoms. The van der Waals surface area contributed by atoms with Crippen LogP contribution < -0.4 is 0 Å². The summed E-state index contributed by atoms with van der Waals surface area (Å²) in [6.07, 6.45) is 4.45. The molecule has 1 unspecified atom stereocenters. The van der Waals surface area contributed by atoms with E-state index in [1.54, 1.807) is 11.3 Å². The van der Waals surface area contributed by atoms with E-state index < -0.39 is 0 Å². The molecule has 128 valence electrons. The summed E-state index contributed by atoms with van der Waals surface area (Å²) in [5.74, 6) is 2.65. The van der Waals surface area contributed by atoms with Crippen molar-refractivity contribution in [3.05, 3.63) is 33.6 Å². The highest BCUT2D eigenvalue weighted by Gasteiger charge is 2.33. The second kappa shape index (κ2) is 6.31. The minimum absolute atomic E-state index is 0.184. The number of thiophene rings is 1. The number of aromatic nitrogens is 2. The predicted molar refractivity (Wildman–Crippen MR) is 92.6 cm³/mol. The molecule has 1 atom stereocenters. The van der Waals surface area contributed by atoms with Crippen LogP contribution in [0.3, 0.4) is 0 Å². The van der Waals surface area contributed by atoms with Crippen LogP contribution in [0.5, 0.6) is 0 Å². The molecule has 0 bridgehead atoms. The van der Waals surface area contributed by atoms with Crippen LogP contribution in [0.1, 0.15) is 84.2 Å². The number of nitrogens with zero attached hydrogens (tertiary/aromatic N) is 3. The van der Waals surface area contributed by atoms with Crippen LogP contribution >= 0.6 is 11.3 Å². The van der Waals surface area contributed by atoms with Crippen LogP contribution in [0.4, 0.5) is 0 Å². The van der Waals surface area contributed by atoms with E-state index in [-0.39, 0.29) is 17.7 Å². The molecule has 2 aliphatic rings. The van der Waals surface area contributed by atoms with Gasteiger partial charge in [-0.3, -0.25) is 4.79 Å². The fraction of sp³-hybridized carbons (Fsp3) is 0.611. The average Bonchev–Trinajstić information content (AvgIpc) is 3.13. The molecule has 1 aliphatic carbocycles. The Kier molecular flexibility index (Phi) is 4.16. The van der Waals surface area contributed by atoms with Gasteiger partial charge in [-0.1, -0.05) is 19.0 Å². The van der Waals surface area contributed by atoms with E-state index in [4.69, 9.17) is 4.52 Å². The van der Waals surface area contributed by atoms with E-state index >= 15 is 0 Å². The molecular formula is C18H23N3O2S. The van der Waals surface area contributed by atoms with Gasteiger partial charge in [0, 0.05) is 24.9 Å². The lowest BCUT2D eigenvalue weighted by Crippen LogP contribution is -2.39. The Morgan fingerprint density at radius 3 is 2.88 bits per heavy atom. The number of piperidine rings is 1. The van der Waals surface area contributed by atoms with E-state index in [1.165, 1.54) is 18.4 Å². The topological polar surface area (TPSA) is 59.2 Å². The molecule has 2 aromatic heterocycles. The van der Waals surface area contributed by atoms with Crippen molar-refractivity contribution < 1.29 is 9.32 Å². The number of carbonyl (C=O) groups excluding carboxylic acids is 1. The van der Waals surface area contributed by atoms with Crippen molar-refractivity contribution in [2.45, 2.75) is 57.3 Å². The van der Waals surface area contributed by atoms with Gasteiger partial charge in [-0.05, 0) is 48.6 Å². The summed E-state index contributed by atoms with van der Waals surface area (Å²) in [4.78, 5) is 20.4. The summed E-state index contributed by atoms with van der Waals surface area (Å²) in [6.45, 7) is 5.61. The first kappa shape index (κ1) is 15.8. The number of amides is 1. The molecule has 4 rings (SSSR count). The summed E-state index contributed by atoms with van der Waals surface area (Å²) in [7, 11) is 0. The summed E-state index contributed by atoms with van der Waals surface area (Å²) in [5.41, 5.74) is 1.26. The molecule has 3 heterocycles. The highest BCUT2D eigenvalue weighted by atomic mass is 32.1. The lowest BCUT2D eigenvalue weighted by atomic mass is 9.97. The molecule has 1 saturated heterocycles. The molecule has 0 radical (unpaired) electrons. The first-order chi connectivity index (χ1) is 11.6. The Labute approximate surface area is 146 Å². The standard InChI is InChI=1S/C18H23N3O2S/c1-11(2)17-19-16(20-23-17)13-4-3-8-21(10-13)18(22)15-14(7-9-24-15)12-5-6-12/h7,9,11-13H,3-6,8,10H2,1-2H3. The number of rotatable bonds is 4. The van der Waals surface area contributed by atoms with Gasteiger partial charge in [0.25, 0.3) is 5.91 Å². The molecule has 1 saturated carbocycles. The third-order valence-corrected chi connectivity index (χ3v) is 5.85. The highest BCUT2D eigenvalue weighted by Crippen LogP contribution is 2.43. The third-order valence-electron chi connectivity index (χ3n) is 4.93. The quantitative estimate of drug-likeness (QED) is 0.835. The minimum Gasteiger partial charge on any atom is -0.339 e. The molecule has 0 N–H and O–H groups in total. The monoisotopic (exact) mass is 345 g/mol. The molecule has 0 spiro atoms. The Morgan fingerprint density at radius 1 is 1.33 bits per heavy atom. The Bertz CT molecular complexity index is 732. The maximum absolute atomic E-state index is 13.0. The third kappa shape index (κ3) is 2.99. The van der Waals surface area contributed by atoms with E-state index in [0.29, 0.717) is 18.4 Å². The minimum atomic E-state index is 0.184. The Balaban J connectivity index is 1.49. The normalized spacial score (nSPS) is 21.5. The first-order valence-corrected chi connectivity index (χ1v) is 9.71. The second-order valence-corrected chi connectivity index (χ2v) is 8.13. The van der Waals surface area contributed by atoms with Crippen molar-refractivity contribution in [3.63, 3.8) is 0 Å². The van der Waals surface area contributed by atoms with Crippen LogP contribution in [-0.4, -0.2) is 34.0 Å². The van der Waals surface area contributed by atoms with Crippen LogP contribution in [0, 0.1) is 0 Å². The lowest BCUT2D eigenvalue weighted by molar-refractivity contribution is 0.0707. The van der Waals surface area contributed by atoms with E-state index in [2.05, 4.69) is 21.6 Å². The van der Waals surface area contributed by atoms with Gasteiger partial charge in [0.15, 0.2) is 5.82 Å². The van der Waals surface area contributed by atoms with Crippen molar-refractivity contribution in [2.24, 2.45) is 0 Å². The fourth-order valence-electron chi connectivity index (χ4n) is 3.37. The fourth-order valence-corrected chi connectivity index (χ4v) is 4.32. The van der Waals surface area contributed by atoms with Gasteiger partial charge in [-0.25, -0.2) is 0 Å². The Morgan fingerprint density at radius 2 is 2.17 bits per heavy atom. The zero-order valence-corrected chi connectivity index (χ0v) is 15.0. The van der Waals surface area contributed by atoms with Crippen LogP contribution in [0.2, 0.25) is 0 Å². The van der Waals surface area contributed by atoms with Crippen LogP contribution in [0.15, 0.2) is 16.0 Å². The van der Waals surface area contributed by atoms with E-state index in [9.17, 15) is 4.79 Å². The van der Waals surface area contributed by atoms with Crippen LogP contribution in [-0.2, 0) is 0 Å². The van der Waals surface area contributed by atoms with E-state index in [1.807, 2.05) is 18.7 Å².